The quantitative estimate of drug-likeness (QED) is 0.733. The van der Waals surface area contributed by atoms with Gasteiger partial charge in [-0.05, 0) is 47.9 Å². The predicted octanol–water partition coefficient (Wildman–Crippen LogP) is 2.96. The van der Waals surface area contributed by atoms with Crippen LogP contribution in [-0.2, 0) is 18.3 Å². The average Bonchev–Trinajstić information content (AvgIpc) is 3.11. The molecule has 3 aromatic rings. The molecule has 2 aromatic carbocycles. The first-order valence-electron chi connectivity index (χ1n) is 8.97. The second-order valence-corrected chi connectivity index (χ2v) is 6.78. The van der Waals surface area contributed by atoms with Gasteiger partial charge in [0.15, 0.2) is 0 Å². The summed E-state index contributed by atoms with van der Waals surface area (Å²) in [7, 11) is 1.82. The van der Waals surface area contributed by atoms with Crippen molar-refractivity contribution in [1.82, 2.24) is 14.9 Å². The topological polar surface area (TPSA) is 76.0 Å². The largest absolute Gasteiger partial charge is 0.338 e. The molecule has 0 radical (unpaired) electrons. The summed E-state index contributed by atoms with van der Waals surface area (Å²) in [5.41, 5.74) is 2.74. The minimum absolute atomic E-state index is 0.0225. The molecule has 4 rings (SSSR count). The standard InChI is InChI=1S/C21H19FN4O2/c1-26-10-9-23-20(26)19(14-3-2-4-16(22)12-14)25-21(28)15-5-7-17-13(11-15)6-8-18(27)24-17/h2-5,7,9-12,19H,6,8H2,1H3,(H,24,27)(H,25,28). The van der Waals surface area contributed by atoms with Crippen LogP contribution >= 0.6 is 0 Å². The summed E-state index contributed by atoms with van der Waals surface area (Å²) in [6, 6.07) is 10.7. The van der Waals surface area contributed by atoms with E-state index < -0.39 is 6.04 Å². The van der Waals surface area contributed by atoms with Gasteiger partial charge in [0.05, 0.1) is 0 Å². The van der Waals surface area contributed by atoms with Gasteiger partial charge in [-0.15, -0.1) is 0 Å². The van der Waals surface area contributed by atoms with E-state index in [1.54, 1.807) is 47.3 Å². The van der Waals surface area contributed by atoms with E-state index in [0.717, 1.165) is 11.3 Å². The minimum atomic E-state index is -0.598. The maximum absolute atomic E-state index is 13.8. The molecular formula is C21H19FN4O2. The van der Waals surface area contributed by atoms with Crippen molar-refractivity contribution in [2.75, 3.05) is 5.32 Å². The van der Waals surface area contributed by atoms with Crippen LogP contribution in [-0.4, -0.2) is 21.4 Å². The lowest BCUT2D eigenvalue weighted by Gasteiger charge is -2.21. The second kappa shape index (κ2) is 7.26. The van der Waals surface area contributed by atoms with Crippen LogP contribution in [0.5, 0.6) is 0 Å². The summed E-state index contributed by atoms with van der Waals surface area (Å²) in [4.78, 5) is 28.8. The monoisotopic (exact) mass is 378 g/mol. The number of hydrogen-bond donors (Lipinski definition) is 2. The number of hydrogen-bond acceptors (Lipinski definition) is 3. The van der Waals surface area contributed by atoms with Crippen LogP contribution in [0.1, 0.15) is 39.8 Å². The van der Waals surface area contributed by atoms with Crippen molar-refractivity contribution in [2.45, 2.75) is 18.9 Å². The third kappa shape index (κ3) is 3.51. The molecule has 142 valence electrons. The molecule has 1 aromatic heterocycles. The maximum Gasteiger partial charge on any atom is 0.252 e. The molecule has 2 heterocycles. The zero-order valence-corrected chi connectivity index (χ0v) is 15.3. The highest BCUT2D eigenvalue weighted by Crippen LogP contribution is 2.25. The molecular weight excluding hydrogens is 359 g/mol. The predicted molar refractivity (Wildman–Crippen MR) is 102 cm³/mol. The third-order valence-electron chi connectivity index (χ3n) is 4.84. The number of carbonyl (C=O) groups is 2. The Morgan fingerprint density at radius 1 is 1.25 bits per heavy atom. The van der Waals surface area contributed by atoms with Gasteiger partial charge in [0, 0.05) is 37.1 Å². The zero-order valence-electron chi connectivity index (χ0n) is 15.3. The number of nitrogens with one attached hydrogen (secondary N) is 2. The van der Waals surface area contributed by atoms with Crippen molar-refractivity contribution in [3.05, 3.63) is 83.2 Å². The number of fused-ring (bicyclic) bond motifs is 1. The number of aryl methyl sites for hydroxylation is 2. The first-order chi connectivity index (χ1) is 13.5. The van der Waals surface area contributed by atoms with Gasteiger partial charge >= 0.3 is 0 Å². The van der Waals surface area contributed by atoms with Crippen LogP contribution < -0.4 is 10.6 Å². The maximum atomic E-state index is 13.8. The molecule has 0 bridgehead atoms. The van der Waals surface area contributed by atoms with Crippen molar-refractivity contribution in [3.63, 3.8) is 0 Å². The van der Waals surface area contributed by atoms with Crippen LogP contribution in [0.3, 0.4) is 0 Å². The lowest BCUT2D eigenvalue weighted by Crippen LogP contribution is -2.31. The molecule has 0 saturated heterocycles. The number of carbonyl (C=O) groups excluding carboxylic acids is 2. The van der Waals surface area contributed by atoms with E-state index in [9.17, 15) is 14.0 Å². The van der Waals surface area contributed by atoms with Crippen LogP contribution in [0.2, 0.25) is 0 Å². The Balaban J connectivity index is 1.65. The molecule has 1 aliphatic rings. The fourth-order valence-corrected chi connectivity index (χ4v) is 3.38. The van der Waals surface area contributed by atoms with E-state index in [-0.39, 0.29) is 17.6 Å². The third-order valence-corrected chi connectivity index (χ3v) is 4.84. The summed E-state index contributed by atoms with van der Waals surface area (Å²) in [5, 5.41) is 5.76. The Bertz CT molecular complexity index is 1060. The number of benzene rings is 2. The normalized spacial score (nSPS) is 14.1. The lowest BCUT2D eigenvalue weighted by atomic mass is 9.99. The Kier molecular flexibility index (Phi) is 4.65. The molecule has 2 amide bonds. The fraction of sp³-hybridized carbons (Fsp3) is 0.190. The molecule has 2 N–H and O–H groups in total. The minimum Gasteiger partial charge on any atom is -0.338 e. The summed E-state index contributed by atoms with van der Waals surface area (Å²) < 4.78 is 15.6. The van der Waals surface area contributed by atoms with Crippen molar-refractivity contribution in [2.24, 2.45) is 7.05 Å². The molecule has 7 heteroatoms. The van der Waals surface area contributed by atoms with Gasteiger partial charge in [0.25, 0.3) is 5.91 Å². The Morgan fingerprint density at radius 3 is 2.86 bits per heavy atom. The molecule has 0 saturated carbocycles. The van der Waals surface area contributed by atoms with E-state index in [4.69, 9.17) is 0 Å². The number of aromatic nitrogens is 2. The molecule has 28 heavy (non-hydrogen) atoms. The van der Waals surface area contributed by atoms with Crippen molar-refractivity contribution >= 4 is 17.5 Å². The van der Waals surface area contributed by atoms with E-state index in [1.165, 1.54) is 12.1 Å². The number of halogens is 1. The van der Waals surface area contributed by atoms with E-state index in [2.05, 4.69) is 15.6 Å². The molecule has 6 nitrogen and oxygen atoms in total. The Labute approximate surface area is 161 Å². The average molecular weight is 378 g/mol. The highest BCUT2D eigenvalue weighted by molar-refractivity contribution is 5.98. The van der Waals surface area contributed by atoms with E-state index >= 15 is 0 Å². The summed E-state index contributed by atoms with van der Waals surface area (Å²) >= 11 is 0. The van der Waals surface area contributed by atoms with Crippen LogP contribution in [0.15, 0.2) is 54.9 Å². The molecule has 1 atom stereocenters. The van der Waals surface area contributed by atoms with Crippen LogP contribution in [0.4, 0.5) is 10.1 Å². The number of amides is 2. The second-order valence-electron chi connectivity index (χ2n) is 6.78. The van der Waals surface area contributed by atoms with E-state index in [1.807, 2.05) is 7.05 Å². The van der Waals surface area contributed by atoms with Gasteiger partial charge in [-0.1, -0.05) is 12.1 Å². The Hall–Kier alpha value is -3.48. The van der Waals surface area contributed by atoms with Crippen molar-refractivity contribution in [1.29, 1.82) is 0 Å². The molecule has 0 spiro atoms. The Morgan fingerprint density at radius 2 is 2.11 bits per heavy atom. The highest BCUT2D eigenvalue weighted by atomic mass is 19.1. The number of rotatable bonds is 4. The number of imidazole rings is 1. The first-order valence-corrected chi connectivity index (χ1v) is 8.97. The number of nitrogens with zero attached hydrogens (tertiary/aromatic N) is 2. The molecule has 1 aliphatic heterocycles. The van der Waals surface area contributed by atoms with Gasteiger partial charge in [0.2, 0.25) is 5.91 Å². The van der Waals surface area contributed by atoms with Crippen molar-refractivity contribution < 1.29 is 14.0 Å². The first kappa shape index (κ1) is 17.9. The van der Waals surface area contributed by atoms with Crippen LogP contribution in [0, 0.1) is 5.82 Å². The highest BCUT2D eigenvalue weighted by Gasteiger charge is 2.23. The van der Waals surface area contributed by atoms with Gasteiger partial charge in [-0.2, -0.15) is 0 Å². The van der Waals surface area contributed by atoms with Crippen molar-refractivity contribution in [3.8, 4) is 0 Å². The van der Waals surface area contributed by atoms with E-state index in [0.29, 0.717) is 29.8 Å². The van der Waals surface area contributed by atoms with Crippen LogP contribution in [0.25, 0.3) is 0 Å². The zero-order chi connectivity index (χ0) is 19.7. The summed E-state index contributed by atoms with van der Waals surface area (Å²) in [6.45, 7) is 0. The smallest absolute Gasteiger partial charge is 0.252 e. The molecule has 1 unspecified atom stereocenters. The summed E-state index contributed by atoms with van der Waals surface area (Å²) in [6.07, 6.45) is 4.40. The number of anilines is 1. The van der Waals surface area contributed by atoms with Gasteiger partial charge in [-0.25, -0.2) is 9.37 Å². The van der Waals surface area contributed by atoms with Gasteiger partial charge < -0.3 is 15.2 Å². The van der Waals surface area contributed by atoms with Gasteiger partial charge in [-0.3, -0.25) is 9.59 Å². The SMILES string of the molecule is Cn1ccnc1C(NC(=O)c1ccc2c(c1)CCC(=O)N2)c1cccc(F)c1. The molecule has 0 aliphatic carbocycles. The summed E-state index contributed by atoms with van der Waals surface area (Å²) in [5.74, 6) is -0.0951. The lowest BCUT2D eigenvalue weighted by molar-refractivity contribution is -0.116. The fourth-order valence-electron chi connectivity index (χ4n) is 3.38. The van der Waals surface area contributed by atoms with Gasteiger partial charge in [0.1, 0.15) is 17.7 Å². The molecule has 0 fully saturated rings.